The summed E-state index contributed by atoms with van der Waals surface area (Å²) in [6.07, 6.45) is 5.29. The van der Waals surface area contributed by atoms with E-state index < -0.39 is 18.1 Å². The second-order valence-electron chi connectivity index (χ2n) is 10.8. The molecule has 41 heavy (non-hydrogen) atoms. The molecule has 1 aromatic carbocycles. The Kier molecular flexibility index (Phi) is 11.3. The topological polar surface area (TPSA) is 112 Å². The number of allylic oxidation sites excluding steroid dienone is 5. The molecule has 2 aliphatic rings. The zero-order valence-corrected chi connectivity index (χ0v) is 26.2. The number of Topliss-reactive ketones (excluding diaryl/α,β-unsaturated/α-hetero) is 1. The number of hydrogen-bond donors (Lipinski definition) is 2. The number of aliphatic hydroxyl groups excluding tert-OH is 1. The number of imidazole rings is 1. The fraction of sp³-hybridized carbons (Fsp3) is 0.516. The lowest BCUT2D eigenvalue weighted by Gasteiger charge is -2.24. The number of ketones is 1. The molecule has 2 N–H and O–H groups in total. The van der Waals surface area contributed by atoms with Crippen LogP contribution in [0.5, 0.6) is 0 Å². The first-order valence-electron chi connectivity index (χ1n) is 14.2. The molecule has 0 spiro atoms. The molecule has 10 heteroatoms. The molecular weight excluding hydrogens is 637 g/mol. The maximum Gasteiger partial charge on any atom is 0.326 e. The summed E-state index contributed by atoms with van der Waals surface area (Å²) < 4.78 is 19.1. The van der Waals surface area contributed by atoms with E-state index in [1.54, 1.807) is 13.8 Å². The number of aromatic nitrogens is 2. The van der Waals surface area contributed by atoms with Crippen LogP contribution in [0.25, 0.3) is 16.6 Å². The number of fused-ring (bicyclic) bond motifs is 1. The van der Waals surface area contributed by atoms with Gasteiger partial charge in [-0.15, -0.1) is 0 Å². The third-order valence-corrected chi connectivity index (χ3v) is 8.06. The Labute approximate surface area is 255 Å². The zero-order valence-electron chi connectivity index (χ0n) is 24.0. The number of esters is 1. The molecule has 222 valence electrons. The predicted molar refractivity (Wildman–Crippen MR) is 166 cm³/mol. The third kappa shape index (κ3) is 8.13. The van der Waals surface area contributed by atoms with Crippen LogP contribution >= 0.6 is 22.6 Å². The van der Waals surface area contributed by atoms with Crippen molar-refractivity contribution in [2.24, 2.45) is 5.92 Å². The van der Waals surface area contributed by atoms with E-state index in [4.69, 9.17) is 19.2 Å². The highest BCUT2D eigenvalue weighted by Crippen LogP contribution is 2.28. The lowest BCUT2D eigenvalue weighted by atomic mass is 10.00. The second kappa shape index (κ2) is 14.7. The van der Waals surface area contributed by atoms with Gasteiger partial charge in [0.15, 0.2) is 5.78 Å². The molecule has 0 radical (unpaired) electrons. The minimum Gasteiger partial charge on any atom is -0.459 e. The Morgan fingerprint density at radius 2 is 2.00 bits per heavy atom. The summed E-state index contributed by atoms with van der Waals surface area (Å²) in [7, 11) is 0. The van der Waals surface area contributed by atoms with Crippen molar-refractivity contribution in [1.82, 2.24) is 14.9 Å². The lowest BCUT2D eigenvalue weighted by Crippen LogP contribution is -2.46. The maximum absolute atomic E-state index is 12.7. The number of ether oxygens (including phenoxy) is 3. The highest BCUT2D eigenvalue weighted by atomic mass is 127. The van der Waals surface area contributed by atoms with Gasteiger partial charge in [-0.3, -0.25) is 14.9 Å². The van der Waals surface area contributed by atoms with E-state index in [0.29, 0.717) is 41.3 Å². The van der Waals surface area contributed by atoms with Gasteiger partial charge in [0.05, 0.1) is 33.9 Å². The van der Waals surface area contributed by atoms with Gasteiger partial charge in [0, 0.05) is 38.3 Å². The molecule has 0 aliphatic carbocycles. The summed E-state index contributed by atoms with van der Waals surface area (Å²) in [5.74, 6) is 0.693. The fourth-order valence-electron chi connectivity index (χ4n) is 5.19. The number of halogens is 1. The van der Waals surface area contributed by atoms with Gasteiger partial charge < -0.3 is 23.9 Å². The number of carbonyl (C=O) groups excluding carboxylic acids is 2. The number of benzene rings is 1. The van der Waals surface area contributed by atoms with E-state index >= 15 is 0 Å². The van der Waals surface area contributed by atoms with Crippen LogP contribution in [0.4, 0.5) is 0 Å². The average molecular weight is 678 g/mol. The largest absolute Gasteiger partial charge is 0.459 e. The minimum absolute atomic E-state index is 0.0861. The minimum atomic E-state index is -0.924. The van der Waals surface area contributed by atoms with Crippen molar-refractivity contribution in [3.8, 4) is 0 Å². The molecule has 2 saturated heterocycles. The molecule has 0 unspecified atom stereocenters. The van der Waals surface area contributed by atoms with Gasteiger partial charge >= 0.3 is 5.97 Å². The molecule has 0 bridgehead atoms. The molecule has 2 aliphatic heterocycles. The molecule has 2 aromatic rings. The molecule has 0 amide bonds. The van der Waals surface area contributed by atoms with Crippen LogP contribution in [0, 0.1) is 5.92 Å². The Morgan fingerprint density at radius 3 is 2.63 bits per heavy atom. The van der Waals surface area contributed by atoms with Gasteiger partial charge in [-0.1, -0.05) is 18.7 Å². The van der Waals surface area contributed by atoms with Crippen LogP contribution in [-0.2, 0) is 36.9 Å². The van der Waals surface area contributed by atoms with E-state index in [0.717, 1.165) is 60.6 Å². The number of hydrogen-bond acceptors (Lipinski definition) is 8. The van der Waals surface area contributed by atoms with Crippen LogP contribution in [0.15, 0.2) is 46.1 Å². The first kappa shape index (κ1) is 31.6. The Bertz CT molecular complexity index is 1320. The van der Waals surface area contributed by atoms with E-state index in [1.807, 2.05) is 53.8 Å². The van der Waals surface area contributed by atoms with Crippen molar-refractivity contribution in [2.75, 3.05) is 26.4 Å². The van der Waals surface area contributed by atoms with Crippen molar-refractivity contribution >= 4 is 50.9 Å². The van der Waals surface area contributed by atoms with Crippen molar-refractivity contribution in [1.29, 1.82) is 0 Å². The standard InChI is InChI=1S/C31H40IN3O6/c1-5-24(14-19(2)29(37)20(3)32)30-34-26-15-23(6-7-27(26)35(30)17-22-8-11-39-12-9-22)16-33-28(21(4)36)31(38)41-25-10-13-40-18-25/h5-7,14-15,21-22,25,28,33,36H,3,8-13,16-18H2,1-2,4H3/b19-14-,24-5+/t21-,25+,28+/m1/s1. The normalized spacial score (nSPS) is 20.3. The summed E-state index contributed by atoms with van der Waals surface area (Å²) in [6, 6.07) is 5.20. The molecule has 3 heterocycles. The Balaban J connectivity index is 1.61. The summed E-state index contributed by atoms with van der Waals surface area (Å²) in [5.41, 5.74) is 4.21. The number of aliphatic hydroxyl groups is 1. The van der Waals surface area contributed by atoms with Gasteiger partial charge in [0.25, 0.3) is 0 Å². The summed E-state index contributed by atoms with van der Waals surface area (Å²) in [5, 5.41) is 13.4. The highest BCUT2D eigenvalue weighted by molar-refractivity contribution is 14.1. The van der Waals surface area contributed by atoms with Gasteiger partial charge in [-0.05, 0) is 91.5 Å². The number of nitrogens with zero attached hydrogens (tertiary/aromatic N) is 2. The monoisotopic (exact) mass is 677 g/mol. The quantitative estimate of drug-likeness (QED) is 0.146. The SMILES string of the molecule is C=C(I)C(=O)/C(C)=C\C(=C/C)c1nc2cc(CN[C@H](C(=O)O[C@H]3CCOC3)[C@@H](C)O)ccc2n1CC1CCOCC1. The summed E-state index contributed by atoms with van der Waals surface area (Å²) in [6.45, 7) is 12.7. The average Bonchev–Trinajstić information content (AvgIpc) is 3.59. The Morgan fingerprint density at radius 1 is 1.27 bits per heavy atom. The predicted octanol–water partition coefficient (Wildman–Crippen LogP) is 4.50. The highest BCUT2D eigenvalue weighted by Gasteiger charge is 2.29. The van der Waals surface area contributed by atoms with Gasteiger partial charge in [-0.25, -0.2) is 4.98 Å². The molecular formula is C31H40IN3O6. The number of nitrogens with one attached hydrogen (secondary N) is 1. The number of rotatable bonds is 12. The van der Waals surface area contributed by atoms with E-state index in [2.05, 4.69) is 22.5 Å². The fourth-order valence-corrected chi connectivity index (χ4v) is 5.61. The first-order chi connectivity index (χ1) is 19.7. The number of carbonyl (C=O) groups is 2. The van der Waals surface area contributed by atoms with E-state index in [-0.39, 0.29) is 11.9 Å². The van der Waals surface area contributed by atoms with Gasteiger partial charge in [-0.2, -0.15) is 0 Å². The lowest BCUT2D eigenvalue weighted by molar-refractivity contribution is -0.154. The third-order valence-electron chi connectivity index (χ3n) is 7.57. The van der Waals surface area contributed by atoms with E-state index in [1.165, 1.54) is 0 Å². The zero-order chi connectivity index (χ0) is 29.5. The van der Waals surface area contributed by atoms with E-state index in [9.17, 15) is 14.7 Å². The molecule has 9 nitrogen and oxygen atoms in total. The van der Waals surface area contributed by atoms with Crippen LogP contribution in [0.1, 0.15) is 51.4 Å². The van der Waals surface area contributed by atoms with Crippen LogP contribution in [0.2, 0.25) is 0 Å². The van der Waals surface area contributed by atoms with Crippen molar-refractivity contribution in [3.63, 3.8) is 0 Å². The maximum atomic E-state index is 12.7. The molecule has 3 atom stereocenters. The van der Waals surface area contributed by atoms with Crippen molar-refractivity contribution < 1.29 is 28.9 Å². The van der Waals surface area contributed by atoms with Crippen molar-refractivity contribution in [3.05, 3.63) is 57.5 Å². The summed E-state index contributed by atoms with van der Waals surface area (Å²) >= 11 is 1.95. The van der Waals surface area contributed by atoms with Crippen LogP contribution in [0.3, 0.4) is 0 Å². The van der Waals surface area contributed by atoms with Crippen LogP contribution in [-0.4, -0.2) is 71.1 Å². The molecule has 2 fully saturated rings. The molecule has 0 saturated carbocycles. The molecule has 1 aromatic heterocycles. The smallest absolute Gasteiger partial charge is 0.326 e. The second-order valence-corrected chi connectivity index (χ2v) is 12.1. The van der Waals surface area contributed by atoms with Gasteiger partial charge in [0.1, 0.15) is 18.0 Å². The van der Waals surface area contributed by atoms with Gasteiger partial charge in [0.2, 0.25) is 0 Å². The first-order valence-corrected chi connectivity index (χ1v) is 15.3. The molecule has 4 rings (SSSR count). The Hall–Kier alpha value is -2.38. The van der Waals surface area contributed by atoms with Crippen LogP contribution < -0.4 is 5.32 Å². The van der Waals surface area contributed by atoms with Crippen molar-refractivity contribution in [2.45, 2.75) is 71.4 Å². The summed E-state index contributed by atoms with van der Waals surface area (Å²) in [4.78, 5) is 30.3.